The van der Waals surface area contributed by atoms with Crippen molar-refractivity contribution in [3.05, 3.63) is 58.3 Å². The zero-order valence-electron chi connectivity index (χ0n) is 14.9. The van der Waals surface area contributed by atoms with Crippen LogP contribution >= 0.6 is 0 Å². The van der Waals surface area contributed by atoms with Gasteiger partial charge in [-0.2, -0.15) is 8.78 Å². The average Bonchev–Trinajstić information content (AvgIpc) is 2.93. The number of aryl methyl sites for hydroxylation is 3. The summed E-state index contributed by atoms with van der Waals surface area (Å²) in [5.41, 5.74) is 4.20. The summed E-state index contributed by atoms with van der Waals surface area (Å²) in [5.74, 6) is -0.211. The molecule has 0 fully saturated rings. The van der Waals surface area contributed by atoms with Crippen molar-refractivity contribution < 1.29 is 22.7 Å². The van der Waals surface area contributed by atoms with Crippen LogP contribution in [0.25, 0.3) is 11.0 Å². The van der Waals surface area contributed by atoms with E-state index in [9.17, 15) is 13.6 Å². The molecule has 0 aliphatic carbocycles. The fourth-order valence-corrected chi connectivity index (χ4v) is 3.04. The summed E-state index contributed by atoms with van der Waals surface area (Å²) in [7, 11) is 0. The summed E-state index contributed by atoms with van der Waals surface area (Å²) < 4.78 is 35.2. The fraction of sp³-hybridized carbons (Fsp3) is 0.250. The Hall–Kier alpha value is -2.89. The first-order valence-corrected chi connectivity index (χ1v) is 8.14. The van der Waals surface area contributed by atoms with Crippen molar-refractivity contribution in [2.24, 2.45) is 0 Å². The predicted molar refractivity (Wildman–Crippen MR) is 96.2 cm³/mol. The highest BCUT2D eigenvalue weighted by molar-refractivity contribution is 6.07. The molecule has 4 nitrogen and oxygen atoms in total. The molecule has 1 aromatic heterocycles. The molecule has 0 saturated heterocycles. The molecule has 3 rings (SSSR count). The van der Waals surface area contributed by atoms with E-state index in [-0.39, 0.29) is 11.5 Å². The molecule has 0 unspecified atom stereocenters. The topological polar surface area (TPSA) is 51.5 Å². The SMILES string of the molecule is Cc1c(NC(=O)c2oc3c(C)ccc(C)c3c2C)cccc1OC(F)F. The van der Waals surface area contributed by atoms with Gasteiger partial charge in [0.05, 0.1) is 0 Å². The molecule has 0 saturated carbocycles. The minimum Gasteiger partial charge on any atom is -0.450 e. The zero-order valence-corrected chi connectivity index (χ0v) is 14.9. The van der Waals surface area contributed by atoms with Gasteiger partial charge >= 0.3 is 6.61 Å². The highest BCUT2D eigenvalue weighted by atomic mass is 19.3. The Labute approximate surface area is 149 Å². The predicted octanol–water partition coefficient (Wildman–Crippen LogP) is 5.52. The standard InChI is InChI=1S/C20H19F2NO3/c1-10-8-9-11(2)17-16(10)13(4)18(26-17)19(24)23-14-6-5-7-15(12(14)3)25-20(21)22/h5-9,20H,1-4H3,(H,23,24). The molecule has 1 heterocycles. The Morgan fingerprint density at radius 3 is 2.38 bits per heavy atom. The van der Waals surface area contributed by atoms with Crippen LogP contribution in [0, 0.1) is 27.7 Å². The Morgan fingerprint density at radius 2 is 1.73 bits per heavy atom. The second kappa shape index (κ2) is 6.78. The normalized spacial score (nSPS) is 11.2. The van der Waals surface area contributed by atoms with Crippen LogP contribution in [0.2, 0.25) is 0 Å². The number of fused-ring (bicyclic) bond motifs is 1. The summed E-state index contributed by atoms with van der Waals surface area (Å²) in [4.78, 5) is 12.7. The number of hydrogen-bond acceptors (Lipinski definition) is 3. The fourth-order valence-electron chi connectivity index (χ4n) is 3.04. The first kappa shape index (κ1) is 17.9. The average molecular weight is 359 g/mol. The van der Waals surface area contributed by atoms with E-state index in [0.717, 1.165) is 22.1 Å². The molecule has 0 radical (unpaired) electrons. The number of amides is 1. The van der Waals surface area contributed by atoms with Gasteiger partial charge in [-0.1, -0.05) is 18.2 Å². The molecule has 0 aliphatic rings. The lowest BCUT2D eigenvalue weighted by atomic mass is 10.0. The summed E-state index contributed by atoms with van der Waals surface area (Å²) in [6, 6.07) is 8.52. The van der Waals surface area contributed by atoms with Crippen molar-refractivity contribution in [2.75, 3.05) is 5.32 Å². The molecule has 0 atom stereocenters. The molecule has 136 valence electrons. The quantitative estimate of drug-likeness (QED) is 0.667. The van der Waals surface area contributed by atoms with Crippen molar-refractivity contribution >= 4 is 22.6 Å². The van der Waals surface area contributed by atoms with Crippen molar-refractivity contribution in [3.63, 3.8) is 0 Å². The second-order valence-electron chi connectivity index (χ2n) is 6.22. The molecule has 3 aromatic rings. The summed E-state index contributed by atoms with van der Waals surface area (Å²) >= 11 is 0. The first-order chi connectivity index (χ1) is 12.3. The third-order valence-corrected chi connectivity index (χ3v) is 4.44. The van der Waals surface area contributed by atoms with Crippen LogP contribution in [0.15, 0.2) is 34.7 Å². The maximum absolute atomic E-state index is 12.7. The Bertz CT molecular complexity index is 992. The Kier molecular flexibility index (Phi) is 4.68. The van der Waals surface area contributed by atoms with Crippen molar-refractivity contribution in [1.82, 2.24) is 0 Å². The molecule has 6 heteroatoms. The monoisotopic (exact) mass is 359 g/mol. The van der Waals surface area contributed by atoms with E-state index in [0.29, 0.717) is 16.8 Å². The van der Waals surface area contributed by atoms with E-state index >= 15 is 0 Å². The van der Waals surface area contributed by atoms with Crippen molar-refractivity contribution in [2.45, 2.75) is 34.3 Å². The number of nitrogens with one attached hydrogen (secondary N) is 1. The van der Waals surface area contributed by atoms with Gasteiger partial charge in [0.1, 0.15) is 11.3 Å². The van der Waals surface area contributed by atoms with Crippen LogP contribution in [-0.4, -0.2) is 12.5 Å². The van der Waals surface area contributed by atoms with Crippen LogP contribution in [0.3, 0.4) is 0 Å². The van der Waals surface area contributed by atoms with Crippen LogP contribution < -0.4 is 10.1 Å². The molecule has 0 bridgehead atoms. The summed E-state index contributed by atoms with van der Waals surface area (Å²) in [6.07, 6.45) is 0. The summed E-state index contributed by atoms with van der Waals surface area (Å²) in [6.45, 7) is 4.38. The molecule has 1 amide bonds. The third-order valence-electron chi connectivity index (χ3n) is 4.44. The van der Waals surface area contributed by atoms with Gasteiger partial charge in [0.2, 0.25) is 0 Å². The van der Waals surface area contributed by atoms with E-state index in [1.807, 2.05) is 32.9 Å². The molecule has 0 spiro atoms. The van der Waals surface area contributed by atoms with Gasteiger partial charge in [-0.3, -0.25) is 4.79 Å². The second-order valence-corrected chi connectivity index (χ2v) is 6.22. The Morgan fingerprint density at radius 1 is 1.04 bits per heavy atom. The zero-order chi connectivity index (χ0) is 19.0. The van der Waals surface area contributed by atoms with Gasteiger partial charge in [-0.05, 0) is 51.0 Å². The van der Waals surface area contributed by atoms with Gasteiger partial charge in [-0.15, -0.1) is 0 Å². The first-order valence-electron chi connectivity index (χ1n) is 8.14. The van der Waals surface area contributed by atoms with Crippen molar-refractivity contribution in [3.8, 4) is 5.75 Å². The number of benzene rings is 2. The van der Waals surface area contributed by atoms with Crippen molar-refractivity contribution in [1.29, 1.82) is 0 Å². The number of ether oxygens (including phenoxy) is 1. The number of halogens is 2. The molecule has 0 aliphatic heterocycles. The van der Waals surface area contributed by atoms with Crippen LogP contribution in [0.1, 0.15) is 32.8 Å². The van der Waals surface area contributed by atoms with E-state index in [2.05, 4.69) is 10.1 Å². The third kappa shape index (κ3) is 3.14. The largest absolute Gasteiger partial charge is 0.450 e. The van der Waals surface area contributed by atoms with E-state index in [4.69, 9.17) is 4.42 Å². The maximum atomic E-state index is 12.7. The minimum absolute atomic E-state index is 0.0193. The highest BCUT2D eigenvalue weighted by Crippen LogP contribution is 2.32. The number of rotatable bonds is 4. The summed E-state index contributed by atoms with van der Waals surface area (Å²) in [5, 5.41) is 3.64. The number of furan rings is 1. The number of alkyl halides is 2. The van der Waals surface area contributed by atoms with Crippen LogP contribution in [0.5, 0.6) is 5.75 Å². The van der Waals surface area contributed by atoms with E-state index < -0.39 is 12.5 Å². The number of carbonyl (C=O) groups is 1. The molecule has 1 N–H and O–H groups in total. The number of anilines is 1. The van der Waals surface area contributed by atoms with Gasteiger partial charge in [-0.25, -0.2) is 0 Å². The molecule has 26 heavy (non-hydrogen) atoms. The highest BCUT2D eigenvalue weighted by Gasteiger charge is 2.21. The van der Waals surface area contributed by atoms with Gasteiger partial charge in [0, 0.05) is 22.2 Å². The maximum Gasteiger partial charge on any atom is 0.387 e. The number of carbonyl (C=O) groups excluding carboxylic acids is 1. The van der Waals surface area contributed by atoms with Crippen LogP contribution in [-0.2, 0) is 0 Å². The van der Waals surface area contributed by atoms with Gasteiger partial charge < -0.3 is 14.5 Å². The lowest BCUT2D eigenvalue weighted by molar-refractivity contribution is -0.0502. The van der Waals surface area contributed by atoms with Gasteiger partial charge in [0.15, 0.2) is 5.76 Å². The van der Waals surface area contributed by atoms with Gasteiger partial charge in [0.25, 0.3) is 5.91 Å². The van der Waals surface area contributed by atoms with E-state index in [1.165, 1.54) is 6.07 Å². The molecule has 2 aromatic carbocycles. The van der Waals surface area contributed by atoms with Crippen LogP contribution in [0.4, 0.5) is 14.5 Å². The molecular formula is C20H19F2NO3. The van der Waals surface area contributed by atoms with E-state index in [1.54, 1.807) is 19.1 Å². The number of hydrogen-bond donors (Lipinski definition) is 1. The lowest BCUT2D eigenvalue weighted by Gasteiger charge is -2.12. The Balaban J connectivity index is 1.97. The molecular weight excluding hydrogens is 340 g/mol. The lowest BCUT2D eigenvalue weighted by Crippen LogP contribution is -2.14. The minimum atomic E-state index is -2.93. The smallest absolute Gasteiger partial charge is 0.387 e.